The van der Waals surface area contributed by atoms with Crippen LogP contribution in [0.2, 0.25) is 0 Å². The molecule has 0 saturated heterocycles. The summed E-state index contributed by atoms with van der Waals surface area (Å²) in [6.07, 6.45) is 1.39. The Labute approximate surface area is 57.3 Å². The van der Waals surface area contributed by atoms with Gasteiger partial charge in [0.25, 0.3) is 0 Å². The number of hydrogen-bond donors (Lipinski definition) is 1. The third kappa shape index (κ3) is 6.21. The van der Waals surface area contributed by atoms with Crippen LogP contribution in [-0.2, 0) is 0 Å². The van der Waals surface area contributed by atoms with Gasteiger partial charge in [0.05, 0.1) is 5.49 Å². The van der Waals surface area contributed by atoms with E-state index >= 15 is 0 Å². The maximum atomic E-state index is 5.15. The molecule has 0 aromatic heterocycles. The number of hydrogen-bond acceptors (Lipinski definition) is 1. The minimum Gasteiger partial charge on any atom is -0.357 e. The van der Waals surface area contributed by atoms with Gasteiger partial charge in [0.2, 0.25) is 0 Å². The van der Waals surface area contributed by atoms with Gasteiger partial charge >= 0.3 is 0 Å². The van der Waals surface area contributed by atoms with E-state index in [1.165, 1.54) is 11.7 Å². The van der Waals surface area contributed by atoms with Crippen LogP contribution in [0, 0.1) is 0 Å². The smallest absolute Gasteiger partial charge is 0.122 e. The molecular formula is C3H3Cl2NS. The lowest BCUT2D eigenvalue weighted by Gasteiger charge is -1.81. The fourth-order valence-electron chi connectivity index (χ4n) is 0.0970. The van der Waals surface area contributed by atoms with Crippen molar-refractivity contribution in [3.63, 3.8) is 0 Å². The van der Waals surface area contributed by atoms with Crippen molar-refractivity contribution in [3.8, 4) is 0 Å². The zero-order chi connectivity index (χ0) is 5.70. The average Bonchev–Trinajstić information content (AvgIpc) is 1.61. The van der Waals surface area contributed by atoms with Crippen molar-refractivity contribution >= 4 is 40.9 Å². The lowest BCUT2D eigenvalue weighted by atomic mass is 11.0. The molecule has 0 aromatic rings. The van der Waals surface area contributed by atoms with E-state index in [1.54, 1.807) is 0 Å². The molecule has 0 aliphatic carbocycles. The summed E-state index contributed by atoms with van der Waals surface area (Å²) in [6, 6.07) is 0. The Morgan fingerprint density at radius 2 is 2.14 bits per heavy atom. The molecule has 4 heteroatoms. The van der Waals surface area contributed by atoms with E-state index in [1.807, 2.05) is 0 Å². The molecule has 0 unspecified atom stereocenters. The zero-order valence-electron chi connectivity index (χ0n) is 3.32. The number of nitrogens with one attached hydrogen (secondary N) is 1. The highest BCUT2D eigenvalue weighted by atomic mass is 35.5. The summed E-state index contributed by atoms with van der Waals surface area (Å²) in [7, 11) is 0. The topological polar surface area (TPSA) is 12.0 Å². The summed E-state index contributed by atoms with van der Waals surface area (Å²) >= 11 is 14.7. The Balaban J connectivity index is 3.25. The standard InChI is InChI=1S/C3H3Cl2NS/c4-3(5)1-6-2-7/h1-2H,(H,6,7). The molecular weight excluding hydrogens is 153 g/mol. The highest BCUT2D eigenvalue weighted by Crippen LogP contribution is 2.02. The minimum atomic E-state index is 0.168. The Hall–Kier alpha value is 0.210. The number of halogens is 2. The van der Waals surface area contributed by atoms with E-state index in [2.05, 4.69) is 17.5 Å². The second-order valence-electron chi connectivity index (χ2n) is 0.719. The molecule has 0 saturated carbocycles. The summed E-state index contributed by atoms with van der Waals surface area (Å²) in [5.74, 6) is 0. The van der Waals surface area contributed by atoms with Crippen LogP contribution >= 0.6 is 35.4 Å². The van der Waals surface area contributed by atoms with Gasteiger partial charge in [-0.15, -0.1) is 0 Å². The van der Waals surface area contributed by atoms with Crippen molar-refractivity contribution < 1.29 is 0 Å². The van der Waals surface area contributed by atoms with E-state index < -0.39 is 0 Å². The number of thiocarbonyl (C=S) groups is 1. The first-order chi connectivity index (χ1) is 3.27. The maximum Gasteiger partial charge on any atom is 0.122 e. The van der Waals surface area contributed by atoms with Crippen LogP contribution in [0.4, 0.5) is 0 Å². The normalized spacial score (nSPS) is 7.14. The van der Waals surface area contributed by atoms with Crippen molar-refractivity contribution in [1.82, 2.24) is 5.32 Å². The van der Waals surface area contributed by atoms with Gasteiger partial charge < -0.3 is 5.32 Å². The first-order valence-electron chi connectivity index (χ1n) is 1.48. The Bertz CT molecular complexity index is 86.9. The summed E-state index contributed by atoms with van der Waals surface area (Å²) in [5.41, 5.74) is 1.31. The Morgan fingerprint density at radius 3 is 2.29 bits per heavy atom. The predicted molar refractivity (Wildman–Crippen MR) is 36.6 cm³/mol. The van der Waals surface area contributed by atoms with Crippen LogP contribution < -0.4 is 5.32 Å². The molecule has 0 aliphatic heterocycles. The van der Waals surface area contributed by atoms with Gasteiger partial charge in [-0.1, -0.05) is 35.4 Å². The van der Waals surface area contributed by atoms with E-state index in [0.29, 0.717) is 0 Å². The summed E-state index contributed by atoms with van der Waals surface area (Å²) < 4.78 is 0.168. The molecule has 0 fully saturated rings. The van der Waals surface area contributed by atoms with Crippen molar-refractivity contribution in [2.45, 2.75) is 0 Å². The summed E-state index contributed by atoms with van der Waals surface area (Å²) in [4.78, 5) is 0. The molecule has 0 aromatic carbocycles. The minimum absolute atomic E-state index is 0.168. The molecule has 0 atom stereocenters. The zero-order valence-corrected chi connectivity index (χ0v) is 5.65. The van der Waals surface area contributed by atoms with Gasteiger partial charge in [-0.25, -0.2) is 0 Å². The molecule has 0 radical (unpaired) electrons. The van der Waals surface area contributed by atoms with Crippen LogP contribution in [0.3, 0.4) is 0 Å². The van der Waals surface area contributed by atoms with E-state index in [0.717, 1.165) is 0 Å². The lowest BCUT2D eigenvalue weighted by molar-refractivity contribution is 1.36. The fraction of sp³-hybridized carbons (Fsp3) is 0. The van der Waals surface area contributed by atoms with Crippen LogP contribution in [0.25, 0.3) is 0 Å². The van der Waals surface area contributed by atoms with Crippen LogP contribution in [0.5, 0.6) is 0 Å². The fourth-order valence-corrected chi connectivity index (χ4v) is 0.291. The molecule has 0 heterocycles. The van der Waals surface area contributed by atoms with Gasteiger partial charge in [-0.2, -0.15) is 0 Å². The largest absolute Gasteiger partial charge is 0.357 e. The highest BCUT2D eigenvalue weighted by Gasteiger charge is 1.74. The third-order valence-corrected chi connectivity index (χ3v) is 0.615. The van der Waals surface area contributed by atoms with Crippen LogP contribution in [-0.4, -0.2) is 5.49 Å². The molecule has 0 bridgehead atoms. The summed E-state index contributed by atoms with van der Waals surface area (Å²) in [6.45, 7) is 0. The predicted octanol–water partition coefficient (Wildman–Crippen LogP) is 1.81. The van der Waals surface area contributed by atoms with Crippen molar-refractivity contribution in [1.29, 1.82) is 0 Å². The van der Waals surface area contributed by atoms with E-state index in [9.17, 15) is 0 Å². The van der Waals surface area contributed by atoms with Gasteiger partial charge in [-0.05, 0) is 0 Å². The molecule has 0 spiro atoms. The lowest BCUT2D eigenvalue weighted by Crippen LogP contribution is -1.96. The van der Waals surface area contributed by atoms with Crippen molar-refractivity contribution in [3.05, 3.63) is 10.7 Å². The molecule has 0 rings (SSSR count). The molecule has 40 valence electrons. The average molecular weight is 156 g/mol. The van der Waals surface area contributed by atoms with Crippen molar-refractivity contribution in [2.24, 2.45) is 0 Å². The molecule has 0 amide bonds. The first-order valence-corrected chi connectivity index (χ1v) is 2.71. The number of rotatable bonds is 2. The van der Waals surface area contributed by atoms with E-state index in [4.69, 9.17) is 23.2 Å². The third-order valence-electron chi connectivity index (χ3n) is 0.260. The van der Waals surface area contributed by atoms with Gasteiger partial charge in [-0.3, -0.25) is 0 Å². The van der Waals surface area contributed by atoms with E-state index in [-0.39, 0.29) is 4.49 Å². The quantitative estimate of drug-likeness (QED) is 0.612. The first kappa shape index (κ1) is 7.21. The van der Waals surface area contributed by atoms with Gasteiger partial charge in [0.15, 0.2) is 0 Å². The second-order valence-corrected chi connectivity index (χ2v) is 1.96. The molecule has 7 heavy (non-hydrogen) atoms. The molecule has 1 nitrogen and oxygen atoms in total. The Kier molecular flexibility index (Phi) is 4.50. The SMILES string of the molecule is S=CNC=C(Cl)Cl. The highest BCUT2D eigenvalue weighted by molar-refractivity contribution is 7.78. The van der Waals surface area contributed by atoms with Gasteiger partial charge in [0, 0.05) is 6.20 Å². The van der Waals surface area contributed by atoms with Crippen molar-refractivity contribution in [2.75, 3.05) is 0 Å². The Morgan fingerprint density at radius 1 is 1.57 bits per heavy atom. The maximum absolute atomic E-state index is 5.15. The van der Waals surface area contributed by atoms with Gasteiger partial charge in [0.1, 0.15) is 4.49 Å². The monoisotopic (exact) mass is 155 g/mol. The summed E-state index contributed by atoms with van der Waals surface area (Å²) in [5, 5.41) is 2.51. The van der Waals surface area contributed by atoms with Crippen LogP contribution in [0.1, 0.15) is 0 Å². The molecule has 1 N–H and O–H groups in total. The second kappa shape index (κ2) is 4.37. The molecule has 0 aliphatic rings. The van der Waals surface area contributed by atoms with Crippen LogP contribution in [0.15, 0.2) is 10.7 Å².